The van der Waals surface area contributed by atoms with Crippen molar-refractivity contribution in [1.82, 2.24) is 19.7 Å². The van der Waals surface area contributed by atoms with Crippen LogP contribution in [-0.2, 0) is 14.3 Å². The molecule has 4 aromatic rings. The van der Waals surface area contributed by atoms with Crippen molar-refractivity contribution in [2.45, 2.75) is 44.1 Å². The topological polar surface area (TPSA) is 102 Å². The van der Waals surface area contributed by atoms with E-state index in [-0.39, 0.29) is 17.7 Å². The number of aromatic amines is 1. The van der Waals surface area contributed by atoms with Gasteiger partial charge in [0.1, 0.15) is 5.82 Å². The number of pyridine rings is 1. The third-order valence-corrected chi connectivity index (χ3v) is 7.11. The lowest BCUT2D eigenvalue weighted by atomic mass is 9.87. The molecule has 2 atom stereocenters. The Hall–Kier alpha value is -3.30. The molecule has 2 aliphatic heterocycles. The van der Waals surface area contributed by atoms with Crippen LogP contribution in [0.25, 0.3) is 27.8 Å². The van der Waals surface area contributed by atoms with Crippen LogP contribution in [-0.4, -0.2) is 56.7 Å². The number of carbonyl (C=O) groups is 1. The molecule has 9 heteroatoms. The van der Waals surface area contributed by atoms with Gasteiger partial charge in [0.25, 0.3) is 0 Å². The van der Waals surface area contributed by atoms with Gasteiger partial charge in [-0.25, -0.2) is 14.2 Å². The lowest BCUT2D eigenvalue weighted by Gasteiger charge is -2.26. The molecule has 0 aliphatic carbocycles. The summed E-state index contributed by atoms with van der Waals surface area (Å²) in [5, 5.41) is 17.5. The standard InChI is InChI=1S/C25H25FN4O4/c1-13-8-17(2-3-18(13)26)30-19-9-15-11-27-29-24(15)28-22(19)21(16-10-20(25(31)32)34-12-16)23(30)14-4-6-33-7-5-14/h2-3,8-9,11,14,16,20H,4-7,10,12H2,1H3,(H,31,32)(H,27,28,29)/t16-,20+/m1/s1. The number of rotatable bonds is 4. The first-order chi connectivity index (χ1) is 16.5. The highest BCUT2D eigenvalue weighted by Crippen LogP contribution is 2.44. The Kier molecular flexibility index (Phi) is 5.11. The van der Waals surface area contributed by atoms with E-state index in [9.17, 15) is 14.3 Å². The molecule has 34 heavy (non-hydrogen) atoms. The molecule has 1 aromatic carbocycles. The van der Waals surface area contributed by atoms with E-state index in [2.05, 4.69) is 20.8 Å². The number of aliphatic carboxylic acids is 1. The molecular formula is C25H25FN4O4. The van der Waals surface area contributed by atoms with Crippen LogP contribution in [0.4, 0.5) is 4.39 Å². The summed E-state index contributed by atoms with van der Waals surface area (Å²) in [6.45, 7) is 3.39. The van der Waals surface area contributed by atoms with Crippen molar-refractivity contribution in [3.05, 3.63) is 53.1 Å². The minimum absolute atomic E-state index is 0.114. The molecule has 2 saturated heterocycles. The third-order valence-electron chi connectivity index (χ3n) is 7.11. The number of halogens is 1. The second kappa shape index (κ2) is 8.18. The van der Waals surface area contributed by atoms with Crippen LogP contribution in [0, 0.1) is 12.7 Å². The van der Waals surface area contributed by atoms with E-state index >= 15 is 0 Å². The summed E-state index contributed by atoms with van der Waals surface area (Å²) in [5.74, 6) is -1.12. The second-order valence-electron chi connectivity index (χ2n) is 9.21. The number of aromatic nitrogens is 4. The van der Waals surface area contributed by atoms with Crippen LogP contribution in [0.5, 0.6) is 0 Å². The maximum Gasteiger partial charge on any atom is 0.332 e. The lowest BCUT2D eigenvalue weighted by molar-refractivity contribution is -0.147. The highest BCUT2D eigenvalue weighted by Gasteiger charge is 2.38. The van der Waals surface area contributed by atoms with Crippen molar-refractivity contribution >= 4 is 28.0 Å². The summed E-state index contributed by atoms with van der Waals surface area (Å²) in [6, 6.07) is 7.19. The molecule has 0 radical (unpaired) electrons. The molecule has 0 spiro atoms. The molecule has 0 bridgehead atoms. The van der Waals surface area contributed by atoms with Crippen LogP contribution in [0.15, 0.2) is 30.5 Å². The Labute approximate surface area is 194 Å². The van der Waals surface area contributed by atoms with Crippen molar-refractivity contribution in [2.75, 3.05) is 19.8 Å². The summed E-state index contributed by atoms with van der Waals surface area (Å²) in [7, 11) is 0. The molecule has 0 unspecified atom stereocenters. The van der Waals surface area contributed by atoms with Crippen molar-refractivity contribution in [1.29, 1.82) is 0 Å². The van der Waals surface area contributed by atoms with Gasteiger partial charge in [-0.3, -0.25) is 5.10 Å². The van der Waals surface area contributed by atoms with Crippen molar-refractivity contribution in [2.24, 2.45) is 0 Å². The molecule has 2 fully saturated rings. The summed E-state index contributed by atoms with van der Waals surface area (Å²) < 4.78 is 27.7. The largest absolute Gasteiger partial charge is 0.479 e. The van der Waals surface area contributed by atoms with Crippen LogP contribution >= 0.6 is 0 Å². The van der Waals surface area contributed by atoms with Crippen LogP contribution < -0.4 is 0 Å². The maximum absolute atomic E-state index is 14.2. The fraction of sp³-hybridized carbons (Fsp3) is 0.400. The quantitative estimate of drug-likeness (QED) is 0.469. The SMILES string of the molecule is Cc1cc(-n2c(C3CCOCC3)c([C@H]3CO[C@H](C(=O)O)C3)c3nc4[nH]ncc4cc32)ccc1F. The first-order valence-corrected chi connectivity index (χ1v) is 11.6. The van der Waals surface area contributed by atoms with Gasteiger partial charge in [0.15, 0.2) is 11.8 Å². The number of hydrogen-bond acceptors (Lipinski definition) is 5. The zero-order chi connectivity index (χ0) is 23.4. The number of nitrogens with zero attached hydrogens (tertiary/aromatic N) is 3. The molecule has 3 aromatic heterocycles. The smallest absolute Gasteiger partial charge is 0.332 e. The van der Waals surface area contributed by atoms with Crippen molar-refractivity contribution in [3.8, 4) is 5.69 Å². The first-order valence-electron chi connectivity index (χ1n) is 11.6. The van der Waals surface area contributed by atoms with E-state index in [0.29, 0.717) is 37.5 Å². The first kappa shape index (κ1) is 21.2. The number of benzene rings is 1. The van der Waals surface area contributed by atoms with Gasteiger partial charge >= 0.3 is 5.97 Å². The summed E-state index contributed by atoms with van der Waals surface area (Å²) in [6.07, 6.45) is 2.98. The number of aryl methyl sites for hydroxylation is 1. The van der Waals surface area contributed by atoms with Crippen molar-refractivity contribution < 1.29 is 23.8 Å². The number of fused-ring (bicyclic) bond motifs is 2. The summed E-state index contributed by atoms with van der Waals surface area (Å²) in [4.78, 5) is 16.6. The maximum atomic E-state index is 14.2. The Morgan fingerprint density at radius 1 is 1.24 bits per heavy atom. The predicted octanol–water partition coefficient (Wildman–Crippen LogP) is 4.20. The monoisotopic (exact) mass is 464 g/mol. The van der Waals surface area contributed by atoms with E-state index in [0.717, 1.165) is 46.2 Å². The van der Waals surface area contributed by atoms with Crippen LogP contribution in [0.1, 0.15) is 47.9 Å². The van der Waals surface area contributed by atoms with Gasteiger partial charge in [-0.2, -0.15) is 5.10 Å². The Morgan fingerprint density at radius 2 is 2.06 bits per heavy atom. The van der Waals surface area contributed by atoms with E-state index in [1.54, 1.807) is 19.2 Å². The number of hydrogen-bond donors (Lipinski definition) is 2. The van der Waals surface area contributed by atoms with Gasteiger partial charge in [-0.1, -0.05) is 0 Å². The van der Waals surface area contributed by atoms with E-state index in [4.69, 9.17) is 14.5 Å². The molecule has 176 valence electrons. The molecule has 0 amide bonds. The number of carboxylic acid groups (broad SMARTS) is 1. The highest BCUT2D eigenvalue weighted by atomic mass is 19.1. The van der Waals surface area contributed by atoms with E-state index in [1.165, 1.54) is 6.07 Å². The van der Waals surface area contributed by atoms with Gasteiger partial charge in [-0.05, 0) is 56.0 Å². The van der Waals surface area contributed by atoms with E-state index in [1.807, 2.05) is 6.07 Å². The Balaban J connectivity index is 1.66. The van der Waals surface area contributed by atoms with Crippen molar-refractivity contribution in [3.63, 3.8) is 0 Å². The van der Waals surface area contributed by atoms with Crippen LogP contribution in [0.2, 0.25) is 0 Å². The molecule has 0 saturated carbocycles. The third kappa shape index (κ3) is 3.38. The average Bonchev–Trinajstić information content (AvgIpc) is 3.56. The Bertz CT molecular complexity index is 1410. The predicted molar refractivity (Wildman–Crippen MR) is 123 cm³/mol. The normalized spacial score (nSPS) is 21.6. The second-order valence-corrected chi connectivity index (χ2v) is 9.21. The molecule has 5 heterocycles. The van der Waals surface area contributed by atoms with Gasteiger partial charge in [0.05, 0.1) is 23.8 Å². The summed E-state index contributed by atoms with van der Waals surface area (Å²) in [5.41, 5.74) is 5.91. The highest BCUT2D eigenvalue weighted by molar-refractivity contribution is 5.94. The average molecular weight is 464 g/mol. The lowest BCUT2D eigenvalue weighted by Crippen LogP contribution is -2.20. The van der Waals surface area contributed by atoms with Gasteiger partial charge < -0.3 is 19.1 Å². The molecule has 2 aliphatic rings. The van der Waals surface area contributed by atoms with Gasteiger partial charge in [-0.15, -0.1) is 0 Å². The van der Waals surface area contributed by atoms with E-state index < -0.39 is 12.1 Å². The molecule has 8 nitrogen and oxygen atoms in total. The number of carboxylic acids is 1. The number of H-pyrrole nitrogens is 1. The minimum Gasteiger partial charge on any atom is -0.479 e. The Morgan fingerprint density at radius 3 is 2.79 bits per heavy atom. The summed E-state index contributed by atoms with van der Waals surface area (Å²) >= 11 is 0. The van der Waals surface area contributed by atoms with Gasteiger partial charge in [0, 0.05) is 47.4 Å². The molecule has 2 N–H and O–H groups in total. The zero-order valence-corrected chi connectivity index (χ0v) is 18.8. The fourth-order valence-electron chi connectivity index (χ4n) is 5.43. The molecule has 6 rings (SSSR count). The zero-order valence-electron chi connectivity index (χ0n) is 18.8. The molecular weight excluding hydrogens is 439 g/mol. The number of ether oxygens (including phenoxy) is 2. The van der Waals surface area contributed by atoms with Gasteiger partial charge in [0.2, 0.25) is 0 Å². The minimum atomic E-state index is -0.947. The van der Waals surface area contributed by atoms with Crippen LogP contribution in [0.3, 0.4) is 0 Å². The fourth-order valence-corrected chi connectivity index (χ4v) is 5.43. The number of nitrogens with one attached hydrogen (secondary N) is 1.